The second-order valence-corrected chi connectivity index (χ2v) is 6.78. The maximum atomic E-state index is 12.6. The standard InChI is InChI=1S/C20H21NO4/c1-12(22)14-9-10-16-15(11-14)17(18(23)20(2,3)25-16)21-19(24)13-7-5-4-6-8-13/h4-11,17-18,23H,1-3H3,(H,21,24)/t17-,18+/m1/s1. The zero-order valence-corrected chi connectivity index (χ0v) is 14.4. The summed E-state index contributed by atoms with van der Waals surface area (Å²) in [5.41, 5.74) is 0.736. The van der Waals surface area contributed by atoms with E-state index in [0.29, 0.717) is 22.4 Å². The molecule has 0 aliphatic carbocycles. The molecule has 1 heterocycles. The van der Waals surface area contributed by atoms with Crippen molar-refractivity contribution in [3.05, 3.63) is 65.2 Å². The van der Waals surface area contributed by atoms with Gasteiger partial charge in [-0.05, 0) is 51.1 Å². The quantitative estimate of drug-likeness (QED) is 0.843. The number of nitrogens with one attached hydrogen (secondary N) is 1. The molecule has 130 valence electrons. The normalized spacial score (nSPS) is 21.0. The van der Waals surface area contributed by atoms with E-state index in [2.05, 4.69) is 5.32 Å². The molecule has 0 aromatic heterocycles. The summed E-state index contributed by atoms with van der Waals surface area (Å²) < 4.78 is 5.87. The highest BCUT2D eigenvalue weighted by molar-refractivity contribution is 5.95. The molecular weight excluding hydrogens is 318 g/mol. The first-order chi connectivity index (χ1) is 11.8. The summed E-state index contributed by atoms with van der Waals surface area (Å²) in [6.45, 7) is 5.01. The van der Waals surface area contributed by atoms with Crippen molar-refractivity contribution in [2.75, 3.05) is 0 Å². The third-order valence-corrected chi connectivity index (χ3v) is 4.47. The molecule has 1 amide bonds. The SMILES string of the molecule is CC(=O)c1ccc2c(c1)[C@@H](NC(=O)c1ccccc1)[C@H](O)C(C)(C)O2. The summed E-state index contributed by atoms with van der Waals surface area (Å²) in [5.74, 6) is 0.176. The first-order valence-corrected chi connectivity index (χ1v) is 8.17. The van der Waals surface area contributed by atoms with Gasteiger partial charge in [0, 0.05) is 16.7 Å². The lowest BCUT2D eigenvalue weighted by Gasteiger charge is -2.42. The van der Waals surface area contributed by atoms with Gasteiger partial charge >= 0.3 is 0 Å². The number of aliphatic hydroxyl groups excluding tert-OH is 1. The highest BCUT2D eigenvalue weighted by Gasteiger charge is 2.43. The summed E-state index contributed by atoms with van der Waals surface area (Å²) in [7, 11) is 0. The van der Waals surface area contributed by atoms with E-state index in [1.54, 1.807) is 56.3 Å². The summed E-state index contributed by atoms with van der Waals surface area (Å²) in [4.78, 5) is 24.3. The minimum absolute atomic E-state index is 0.0877. The molecule has 3 rings (SSSR count). The fraction of sp³-hybridized carbons (Fsp3) is 0.300. The molecule has 0 unspecified atom stereocenters. The number of carbonyl (C=O) groups is 2. The molecule has 2 atom stereocenters. The smallest absolute Gasteiger partial charge is 0.251 e. The Hall–Kier alpha value is -2.66. The summed E-state index contributed by atoms with van der Waals surface area (Å²) in [6, 6.07) is 13.2. The molecule has 0 bridgehead atoms. The van der Waals surface area contributed by atoms with Crippen molar-refractivity contribution in [1.82, 2.24) is 5.32 Å². The molecule has 1 aliphatic heterocycles. The van der Waals surface area contributed by atoms with E-state index in [9.17, 15) is 14.7 Å². The Kier molecular flexibility index (Phi) is 4.35. The van der Waals surface area contributed by atoms with Crippen LogP contribution < -0.4 is 10.1 Å². The number of carbonyl (C=O) groups excluding carboxylic acids is 2. The van der Waals surface area contributed by atoms with Gasteiger partial charge in [-0.25, -0.2) is 0 Å². The van der Waals surface area contributed by atoms with Crippen LogP contribution in [0.2, 0.25) is 0 Å². The van der Waals surface area contributed by atoms with Crippen LogP contribution in [0.3, 0.4) is 0 Å². The topological polar surface area (TPSA) is 75.6 Å². The summed E-state index contributed by atoms with van der Waals surface area (Å²) in [5, 5.41) is 13.6. The molecule has 2 aromatic carbocycles. The molecule has 0 spiro atoms. The van der Waals surface area contributed by atoms with Crippen molar-refractivity contribution < 1.29 is 19.4 Å². The summed E-state index contributed by atoms with van der Waals surface area (Å²) >= 11 is 0. The number of aliphatic hydroxyl groups is 1. The molecule has 5 nitrogen and oxygen atoms in total. The van der Waals surface area contributed by atoms with Crippen LogP contribution in [0, 0.1) is 0 Å². The number of benzene rings is 2. The van der Waals surface area contributed by atoms with Gasteiger partial charge in [0.15, 0.2) is 5.78 Å². The van der Waals surface area contributed by atoms with Crippen molar-refractivity contribution in [3.63, 3.8) is 0 Å². The van der Waals surface area contributed by atoms with E-state index in [4.69, 9.17) is 4.74 Å². The first-order valence-electron chi connectivity index (χ1n) is 8.17. The Labute approximate surface area is 146 Å². The van der Waals surface area contributed by atoms with Crippen LogP contribution in [-0.4, -0.2) is 28.5 Å². The molecule has 2 N–H and O–H groups in total. The van der Waals surface area contributed by atoms with Gasteiger partial charge in [0.1, 0.15) is 17.5 Å². The van der Waals surface area contributed by atoms with Gasteiger partial charge in [0.05, 0.1) is 6.04 Å². The minimum atomic E-state index is -0.963. The van der Waals surface area contributed by atoms with Crippen LogP contribution in [0.15, 0.2) is 48.5 Å². The number of fused-ring (bicyclic) bond motifs is 1. The maximum Gasteiger partial charge on any atom is 0.251 e. The van der Waals surface area contributed by atoms with E-state index in [-0.39, 0.29) is 11.7 Å². The molecule has 0 saturated carbocycles. The van der Waals surface area contributed by atoms with E-state index < -0.39 is 17.7 Å². The van der Waals surface area contributed by atoms with Gasteiger partial charge in [0.2, 0.25) is 0 Å². The van der Waals surface area contributed by atoms with Crippen molar-refractivity contribution in [2.24, 2.45) is 0 Å². The number of ether oxygens (including phenoxy) is 1. The van der Waals surface area contributed by atoms with Crippen LogP contribution in [0.25, 0.3) is 0 Å². The zero-order valence-electron chi connectivity index (χ0n) is 14.4. The third-order valence-electron chi connectivity index (χ3n) is 4.47. The third kappa shape index (κ3) is 3.28. The van der Waals surface area contributed by atoms with Crippen LogP contribution in [0.1, 0.15) is 53.1 Å². The largest absolute Gasteiger partial charge is 0.485 e. The lowest BCUT2D eigenvalue weighted by Crippen LogP contribution is -2.53. The fourth-order valence-corrected chi connectivity index (χ4v) is 2.99. The predicted molar refractivity (Wildman–Crippen MR) is 93.8 cm³/mol. The van der Waals surface area contributed by atoms with E-state index in [0.717, 1.165) is 0 Å². The van der Waals surface area contributed by atoms with Gasteiger partial charge < -0.3 is 15.2 Å². The Bertz CT molecular complexity index is 814. The van der Waals surface area contributed by atoms with Crippen molar-refractivity contribution in [2.45, 2.75) is 38.5 Å². The second kappa shape index (κ2) is 6.33. The van der Waals surface area contributed by atoms with Crippen LogP contribution in [0.4, 0.5) is 0 Å². The van der Waals surface area contributed by atoms with Gasteiger partial charge in [-0.1, -0.05) is 18.2 Å². The molecule has 0 radical (unpaired) electrons. The molecular formula is C20H21NO4. The average molecular weight is 339 g/mol. The highest BCUT2D eigenvalue weighted by atomic mass is 16.5. The van der Waals surface area contributed by atoms with E-state index in [1.807, 2.05) is 6.07 Å². The van der Waals surface area contributed by atoms with Crippen LogP contribution in [-0.2, 0) is 0 Å². The van der Waals surface area contributed by atoms with Crippen molar-refractivity contribution in [3.8, 4) is 5.75 Å². The Morgan fingerprint density at radius 1 is 1.08 bits per heavy atom. The number of amides is 1. The average Bonchev–Trinajstić information content (AvgIpc) is 2.59. The minimum Gasteiger partial charge on any atom is -0.485 e. The van der Waals surface area contributed by atoms with Crippen molar-refractivity contribution >= 4 is 11.7 Å². The first kappa shape index (κ1) is 17.2. The molecule has 0 saturated heterocycles. The molecule has 25 heavy (non-hydrogen) atoms. The molecule has 0 fully saturated rings. The second-order valence-electron chi connectivity index (χ2n) is 6.78. The number of Topliss-reactive ketones (excluding diaryl/α,β-unsaturated/α-hetero) is 1. The van der Waals surface area contributed by atoms with Gasteiger partial charge in [0.25, 0.3) is 5.91 Å². The lowest BCUT2D eigenvalue weighted by atomic mass is 9.85. The van der Waals surface area contributed by atoms with Crippen LogP contribution in [0.5, 0.6) is 5.75 Å². The Morgan fingerprint density at radius 2 is 1.76 bits per heavy atom. The zero-order chi connectivity index (χ0) is 18.2. The Morgan fingerprint density at radius 3 is 2.40 bits per heavy atom. The number of hydrogen-bond acceptors (Lipinski definition) is 4. The highest BCUT2D eigenvalue weighted by Crippen LogP contribution is 2.40. The lowest BCUT2D eigenvalue weighted by molar-refractivity contribution is -0.0627. The predicted octanol–water partition coefficient (Wildman–Crippen LogP) is 2.89. The number of rotatable bonds is 3. The Balaban J connectivity index is 2.00. The molecule has 2 aromatic rings. The van der Waals surface area contributed by atoms with E-state index >= 15 is 0 Å². The fourth-order valence-electron chi connectivity index (χ4n) is 2.99. The monoisotopic (exact) mass is 339 g/mol. The van der Waals surface area contributed by atoms with Crippen molar-refractivity contribution in [1.29, 1.82) is 0 Å². The molecule has 5 heteroatoms. The van der Waals surface area contributed by atoms with E-state index in [1.165, 1.54) is 6.92 Å². The summed E-state index contributed by atoms with van der Waals surface area (Å²) in [6.07, 6.45) is -0.963. The van der Waals surface area contributed by atoms with Gasteiger partial charge in [-0.2, -0.15) is 0 Å². The maximum absolute atomic E-state index is 12.6. The van der Waals surface area contributed by atoms with Gasteiger partial charge in [-0.3, -0.25) is 9.59 Å². The number of hydrogen-bond donors (Lipinski definition) is 2. The van der Waals surface area contributed by atoms with Crippen LogP contribution >= 0.6 is 0 Å². The molecule has 1 aliphatic rings. The van der Waals surface area contributed by atoms with Gasteiger partial charge in [-0.15, -0.1) is 0 Å². The number of ketones is 1.